The Hall–Kier alpha value is -2.48. The molecule has 1 aliphatic rings. The summed E-state index contributed by atoms with van der Waals surface area (Å²) in [6.07, 6.45) is 1.60. The second kappa shape index (κ2) is 8.38. The third kappa shape index (κ3) is 5.37. The fourth-order valence-electron chi connectivity index (χ4n) is 4.35. The van der Waals surface area contributed by atoms with Crippen LogP contribution in [0.4, 0.5) is 14.5 Å². The minimum Gasteiger partial charge on any atom is -0.349 e. The highest BCUT2D eigenvalue weighted by Crippen LogP contribution is 2.54. The van der Waals surface area contributed by atoms with Crippen LogP contribution in [0.15, 0.2) is 30.3 Å². The molecular weight excluding hydrogens is 446 g/mol. The number of nitrogens with one attached hydrogen (secondary N) is 2. The average molecular weight is 479 g/mol. The monoisotopic (exact) mass is 478 g/mol. The van der Waals surface area contributed by atoms with Gasteiger partial charge in [-0.1, -0.05) is 39.8 Å². The molecular formula is C25H32F2N2O3S. The second-order valence-corrected chi connectivity index (χ2v) is 12.2. The first-order chi connectivity index (χ1) is 15.0. The molecule has 8 heteroatoms. The van der Waals surface area contributed by atoms with Gasteiger partial charge >= 0.3 is 0 Å². The molecule has 0 heterocycles. The van der Waals surface area contributed by atoms with E-state index in [-0.39, 0.29) is 23.4 Å². The van der Waals surface area contributed by atoms with Crippen molar-refractivity contribution >= 4 is 21.6 Å². The van der Waals surface area contributed by atoms with Gasteiger partial charge in [-0.25, -0.2) is 17.2 Å². The second-order valence-electron chi connectivity index (χ2n) is 10.4. The van der Waals surface area contributed by atoms with E-state index in [0.717, 1.165) is 17.4 Å². The number of rotatable bonds is 6. The van der Waals surface area contributed by atoms with Crippen LogP contribution in [0.25, 0.3) is 0 Å². The quantitative estimate of drug-likeness (QED) is 0.607. The zero-order chi connectivity index (χ0) is 24.9. The van der Waals surface area contributed by atoms with Crippen molar-refractivity contribution in [2.45, 2.75) is 64.8 Å². The molecule has 180 valence electrons. The molecule has 0 aliphatic heterocycles. The summed E-state index contributed by atoms with van der Waals surface area (Å²) < 4.78 is 54.8. The van der Waals surface area contributed by atoms with Crippen molar-refractivity contribution in [3.8, 4) is 0 Å². The minimum absolute atomic E-state index is 0.0503. The molecule has 1 aliphatic carbocycles. The molecule has 5 nitrogen and oxygen atoms in total. The lowest BCUT2D eigenvalue weighted by Gasteiger charge is -2.23. The van der Waals surface area contributed by atoms with E-state index in [9.17, 15) is 22.0 Å². The molecule has 0 saturated heterocycles. The number of hydrogen-bond donors (Lipinski definition) is 2. The molecule has 1 amide bonds. The summed E-state index contributed by atoms with van der Waals surface area (Å²) in [6, 6.07) is 7.64. The number of amides is 1. The molecule has 1 saturated carbocycles. The van der Waals surface area contributed by atoms with Crippen LogP contribution in [-0.2, 0) is 25.6 Å². The number of carbonyl (C=O) groups excluding carboxylic acids is 1. The Kier molecular flexibility index (Phi) is 6.39. The van der Waals surface area contributed by atoms with E-state index >= 15 is 0 Å². The van der Waals surface area contributed by atoms with Crippen molar-refractivity contribution < 1.29 is 22.0 Å². The van der Waals surface area contributed by atoms with Gasteiger partial charge in [0.1, 0.15) is 11.6 Å². The third-order valence-corrected chi connectivity index (χ3v) is 7.00. The van der Waals surface area contributed by atoms with Crippen LogP contribution in [0.2, 0.25) is 0 Å². The molecule has 0 bridgehead atoms. The van der Waals surface area contributed by atoms with Crippen molar-refractivity contribution in [1.82, 2.24) is 5.32 Å². The SMILES string of the molecule is Cc1cc(C(C)NC(=O)C2CC2(C)c2cc(F)c(C(C)(C)C)c(F)c2)ccc1NS(C)(=O)=O. The first-order valence-corrected chi connectivity index (χ1v) is 12.8. The summed E-state index contributed by atoms with van der Waals surface area (Å²) >= 11 is 0. The van der Waals surface area contributed by atoms with Gasteiger partial charge in [0.2, 0.25) is 15.9 Å². The molecule has 3 rings (SSSR count). The molecule has 3 atom stereocenters. The Morgan fingerprint density at radius 1 is 1.15 bits per heavy atom. The highest BCUT2D eigenvalue weighted by atomic mass is 32.2. The summed E-state index contributed by atoms with van der Waals surface area (Å²) in [4.78, 5) is 12.9. The number of sulfonamides is 1. The number of halogens is 2. The summed E-state index contributed by atoms with van der Waals surface area (Å²) in [5.74, 6) is -1.74. The Morgan fingerprint density at radius 2 is 1.73 bits per heavy atom. The van der Waals surface area contributed by atoms with E-state index in [0.29, 0.717) is 17.7 Å². The van der Waals surface area contributed by atoms with Gasteiger partial charge in [-0.15, -0.1) is 0 Å². The predicted octanol–water partition coefficient (Wildman–Crippen LogP) is 5.10. The molecule has 0 spiro atoms. The number of benzene rings is 2. The smallest absolute Gasteiger partial charge is 0.229 e. The van der Waals surface area contributed by atoms with Gasteiger partial charge in [0.05, 0.1) is 18.0 Å². The molecule has 0 aromatic heterocycles. The van der Waals surface area contributed by atoms with Gasteiger partial charge in [-0.3, -0.25) is 9.52 Å². The van der Waals surface area contributed by atoms with Gasteiger partial charge in [0, 0.05) is 16.9 Å². The number of carbonyl (C=O) groups is 1. The Labute approximate surface area is 195 Å². The van der Waals surface area contributed by atoms with Crippen LogP contribution in [-0.4, -0.2) is 20.6 Å². The van der Waals surface area contributed by atoms with E-state index in [1.165, 1.54) is 12.1 Å². The molecule has 2 aromatic carbocycles. The fourth-order valence-corrected chi connectivity index (χ4v) is 4.98. The van der Waals surface area contributed by atoms with E-state index < -0.39 is 32.5 Å². The van der Waals surface area contributed by atoms with Crippen LogP contribution >= 0.6 is 0 Å². The molecule has 33 heavy (non-hydrogen) atoms. The Morgan fingerprint density at radius 3 is 2.21 bits per heavy atom. The van der Waals surface area contributed by atoms with Crippen molar-refractivity contribution in [2.75, 3.05) is 11.0 Å². The first-order valence-electron chi connectivity index (χ1n) is 10.9. The maximum absolute atomic E-state index is 14.7. The Bertz CT molecular complexity index is 1180. The maximum atomic E-state index is 14.7. The van der Waals surface area contributed by atoms with E-state index in [1.54, 1.807) is 39.8 Å². The van der Waals surface area contributed by atoms with Crippen LogP contribution in [0.3, 0.4) is 0 Å². The first kappa shape index (κ1) is 25.1. The molecule has 1 fully saturated rings. The third-order valence-electron chi connectivity index (χ3n) is 6.41. The summed E-state index contributed by atoms with van der Waals surface area (Å²) in [5, 5.41) is 2.98. The van der Waals surface area contributed by atoms with Crippen LogP contribution in [0.5, 0.6) is 0 Å². The lowest BCUT2D eigenvalue weighted by Crippen LogP contribution is -2.30. The molecule has 3 unspecified atom stereocenters. The van der Waals surface area contributed by atoms with Gasteiger partial charge in [0.25, 0.3) is 0 Å². The lowest BCUT2D eigenvalue weighted by molar-refractivity contribution is -0.123. The lowest BCUT2D eigenvalue weighted by atomic mass is 9.83. The maximum Gasteiger partial charge on any atom is 0.229 e. The van der Waals surface area contributed by atoms with Crippen molar-refractivity contribution in [3.05, 3.63) is 64.2 Å². The summed E-state index contributed by atoms with van der Waals surface area (Å²) in [6.45, 7) is 10.8. The van der Waals surface area contributed by atoms with Crippen molar-refractivity contribution in [1.29, 1.82) is 0 Å². The average Bonchev–Trinajstić information content (AvgIpc) is 3.34. The molecule has 2 N–H and O–H groups in total. The fraction of sp³-hybridized carbons (Fsp3) is 0.480. The minimum atomic E-state index is -3.38. The van der Waals surface area contributed by atoms with Gasteiger partial charge < -0.3 is 5.32 Å². The van der Waals surface area contributed by atoms with Gasteiger partial charge in [0.15, 0.2) is 0 Å². The number of hydrogen-bond acceptors (Lipinski definition) is 3. The normalized spacial score (nSPS) is 21.4. The summed E-state index contributed by atoms with van der Waals surface area (Å²) in [5.41, 5.74) is 1.31. The van der Waals surface area contributed by atoms with Crippen LogP contribution in [0.1, 0.15) is 69.3 Å². The number of anilines is 1. The highest BCUT2D eigenvalue weighted by molar-refractivity contribution is 7.92. The topological polar surface area (TPSA) is 75.3 Å². The predicted molar refractivity (Wildman–Crippen MR) is 127 cm³/mol. The van der Waals surface area contributed by atoms with Gasteiger partial charge in [-0.2, -0.15) is 0 Å². The van der Waals surface area contributed by atoms with Crippen molar-refractivity contribution in [2.24, 2.45) is 5.92 Å². The Balaban J connectivity index is 1.73. The van der Waals surface area contributed by atoms with E-state index in [2.05, 4.69) is 10.0 Å². The zero-order valence-corrected chi connectivity index (χ0v) is 21.0. The van der Waals surface area contributed by atoms with E-state index in [1.807, 2.05) is 19.9 Å². The standard InChI is InChI=1S/C25H32F2N2O3S/c1-14-10-16(8-9-21(14)29-33(7,31)32)15(2)28-23(30)18-13-25(18,6)17-11-19(26)22(20(27)12-17)24(3,4)5/h8-12,15,18,29H,13H2,1-7H3,(H,28,30). The highest BCUT2D eigenvalue weighted by Gasteiger charge is 2.56. The van der Waals surface area contributed by atoms with Crippen LogP contribution < -0.4 is 10.0 Å². The van der Waals surface area contributed by atoms with Gasteiger partial charge in [-0.05, 0) is 60.6 Å². The molecule has 0 radical (unpaired) electrons. The molecule has 2 aromatic rings. The van der Waals surface area contributed by atoms with Crippen molar-refractivity contribution in [3.63, 3.8) is 0 Å². The van der Waals surface area contributed by atoms with E-state index in [4.69, 9.17) is 0 Å². The number of aryl methyl sites for hydroxylation is 1. The zero-order valence-electron chi connectivity index (χ0n) is 20.1. The largest absolute Gasteiger partial charge is 0.349 e. The summed E-state index contributed by atoms with van der Waals surface area (Å²) in [7, 11) is -3.38. The van der Waals surface area contributed by atoms with Crippen LogP contribution in [0, 0.1) is 24.5 Å².